The normalized spacial score (nSPS) is 11.6. The van der Waals surface area contributed by atoms with E-state index in [4.69, 9.17) is 0 Å². The van der Waals surface area contributed by atoms with Gasteiger partial charge in [0.15, 0.2) is 0 Å². The zero-order chi connectivity index (χ0) is 40.3. The molecule has 0 N–H and O–H groups in total. The van der Waals surface area contributed by atoms with Crippen molar-refractivity contribution in [3.63, 3.8) is 0 Å². The first-order valence-electron chi connectivity index (χ1n) is 20.7. The quantitative estimate of drug-likeness (QED) is 0.155. The fourth-order valence-corrected chi connectivity index (χ4v) is 11.6. The predicted molar refractivity (Wildman–Crippen MR) is 266 cm³/mol. The van der Waals surface area contributed by atoms with Gasteiger partial charge in [0, 0.05) is 57.4 Å². The van der Waals surface area contributed by atoms with Gasteiger partial charge in [0.25, 0.3) is 0 Å². The Bertz CT molecular complexity index is 3630. The van der Waals surface area contributed by atoms with Crippen LogP contribution in [0.5, 0.6) is 0 Å². The highest BCUT2D eigenvalue weighted by Crippen LogP contribution is 2.44. The predicted octanol–water partition coefficient (Wildman–Crippen LogP) is 17.7. The van der Waals surface area contributed by atoms with Crippen LogP contribution in [0.1, 0.15) is 0 Å². The van der Waals surface area contributed by atoms with E-state index in [1.165, 1.54) is 95.6 Å². The Hall–Kier alpha value is -7.30. The van der Waals surface area contributed by atoms with E-state index < -0.39 is 0 Å². The number of hydrogen-bond donors (Lipinski definition) is 0. The summed E-state index contributed by atoms with van der Waals surface area (Å²) in [6.07, 6.45) is 0. The lowest BCUT2D eigenvalue weighted by Crippen LogP contribution is -2.10. The van der Waals surface area contributed by atoms with Crippen LogP contribution in [0.15, 0.2) is 224 Å². The van der Waals surface area contributed by atoms with Crippen molar-refractivity contribution < 1.29 is 0 Å². The second kappa shape index (κ2) is 14.8. The highest BCUT2D eigenvalue weighted by atomic mass is 32.1. The van der Waals surface area contributed by atoms with Gasteiger partial charge in [-0.05, 0) is 116 Å². The van der Waals surface area contributed by atoms with E-state index in [-0.39, 0.29) is 0 Å². The molecule has 0 radical (unpaired) electrons. The van der Waals surface area contributed by atoms with E-state index in [9.17, 15) is 0 Å². The van der Waals surface area contributed by atoms with Crippen LogP contribution in [-0.4, -0.2) is 0 Å². The third kappa shape index (κ3) is 6.29. The molecule has 0 aliphatic heterocycles. The Morgan fingerprint density at radius 1 is 0.262 bits per heavy atom. The number of nitrogens with zero attached hydrogens (tertiary/aromatic N) is 1. The molecule has 1 nitrogen and oxygen atoms in total. The fraction of sp³-hybridized carbons (Fsp3) is 0. The Balaban J connectivity index is 0.997. The average molecular weight is 812 g/mol. The second-order valence-corrected chi connectivity index (χ2v) is 17.8. The summed E-state index contributed by atoms with van der Waals surface area (Å²) in [6, 6.07) is 82.5. The van der Waals surface area contributed by atoms with Gasteiger partial charge in [-0.25, -0.2) is 0 Å². The molecule has 0 unspecified atom stereocenters. The summed E-state index contributed by atoms with van der Waals surface area (Å²) >= 11 is 3.76. The molecule has 12 aromatic rings. The van der Waals surface area contributed by atoms with E-state index in [0.29, 0.717) is 0 Å². The third-order valence-corrected chi connectivity index (χ3v) is 14.5. The van der Waals surface area contributed by atoms with Crippen LogP contribution in [0.25, 0.3) is 95.6 Å². The summed E-state index contributed by atoms with van der Waals surface area (Å²) in [5.74, 6) is 0. The van der Waals surface area contributed by atoms with Gasteiger partial charge in [-0.3, -0.25) is 0 Å². The van der Waals surface area contributed by atoms with Crippen LogP contribution in [0.3, 0.4) is 0 Å². The number of fused-ring (bicyclic) bond motifs is 7. The molecule has 10 aromatic carbocycles. The lowest BCUT2D eigenvalue weighted by Gasteiger charge is -2.27. The van der Waals surface area contributed by atoms with Gasteiger partial charge >= 0.3 is 0 Å². The molecule has 0 saturated carbocycles. The maximum atomic E-state index is 2.42. The summed E-state index contributed by atoms with van der Waals surface area (Å²) in [5, 5.41) is 7.75. The molecule has 2 aromatic heterocycles. The summed E-state index contributed by atoms with van der Waals surface area (Å²) in [7, 11) is 0. The Labute approximate surface area is 362 Å². The van der Waals surface area contributed by atoms with Crippen molar-refractivity contribution in [1.82, 2.24) is 0 Å². The molecule has 2 heterocycles. The minimum Gasteiger partial charge on any atom is -0.310 e. The van der Waals surface area contributed by atoms with Gasteiger partial charge in [0.05, 0.1) is 0 Å². The zero-order valence-corrected chi connectivity index (χ0v) is 34.8. The van der Waals surface area contributed by atoms with Gasteiger partial charge in [0.2, 0.25) is 0 Å². The van der Waals surface area contributed by atoms with Gasteiger partial charge in [-0.1, -0.05) is 164 Å². The first-order chi connectivity index (χ1) is 30.2. The van der Waals surface area contributed by atoms with E-state index in [1.54, 1.807) is 0 Å². The fourth-order valence-electron chi connectivity index (χ4n) is 9.09. The van der Waals surface area contributed by atoms with Gasteiger partial charge in [-0.2, -0.15) is 0 Å². The Kier molecular flexibility index (Phi) is 8.62. The van der Waals surface area contributed by atoms with Crippen LogP contribution in [0.2, 0.25) is 0 Å². The minimum absolute atomic E-state index is 1.10. The van der Waals surface area contributed by atoms with Crippen LogP contribution in [0, 0.1) is 0 Å². The highest BCUT2D eigenvalue weighted by molar-refractivity contribution is 7.26. The average Bonchev–Trinajstić information content (AvgIpc) is 3.91. The smallest absolute Gasteiger partial charge is 0.0467 e. The standard InChI is InChI=1S/C58H37NS2/c1-2-14-39-33-43(32-31-38(39)13-1)42-17-9-21-47(36-42)59(48-22-10-19-45(37-48)50-26-12-28-54-52-24-4-6-30-56(52)61-58(50)54)46-20-8-16-41(35-46)40-15-7-18-44(34-40)49-25-11-27-53-51-23-3-5-29-55(51)60-57(49)53/h1-37H. The van der Waals surface area contributed by atoms with Crippen molar-refractivity contribution >= 4 is 90.9 Å². The summed E-state index contributed by atoms with van der Waals surface area (Å²) < 4.78 is 5.29. The number of hydrogen-bond acceptors (Lipinski definition) is 3. The Morgan fingerprint density at radius 3 is 1.26 bits per heavy atom. The molecule has 0 spiro atoms. The Morgan fingerprint density at radius 2 is 0.672 bits per heavy atom. The number of rotatable bonds is 7. The van der Waals surface area contributed by atoms with Crippen molar-refractivity contribution in [3.8, 4) is 44.5 Å². The van der Waals surface area contributed by atoms with E-state index in [2.05, 4.69) is 229 Å². The molecule has 0 aliphatic rings. The van der Waals surface area contributed by atoms with E-state index >= 15 is 0 Å². The second-order valence-electron chi connectivity index (χ2n) is 15.7. The summed E-state index contributed by atoms with van der Waals surface area (Å²) in [6.45, 7) is 0. The number of thiophene rings is 2. The molecule has 12 rings (SSSR count). The topological polar surface area (TPSA) is 3.24 Å². The molecule has 0 bridgehead atoms. The SMILES string of the molecule is c1cc(-c2cccc(N(c3cccc(-c4ccc5ccccc5c4)c3)c3cccc(-c4cccc5c4sc4ccccc45)c3)c2)cc(-c2cccc3c2sc2ccccc23)c1. The number of benzene rings is 10. The molecule has 61 heavy (non-hydrogen) atoms. The van der Waals surface area contributed by atoms with Crippen LogP contribution in [0.4, 0.5) is 17.1 Å². The number of anilines is 3. The van der Waals surface area contributed by atoms with Crippen molar-refractivity contribution in [1.29, 1.82) is 0 Å². The maximum Gasteiger partial charge on any atom is 0.0467 e. The molecular formula is C58H37NS2. The first-order valence-corrected chi connectivity index (χ1v) is 22.4. The first kappa shape index (κ1) is 35.6. The summed E-state index contributed by atoms with van der Waals surface area (Å²) in [4.78, 5) is 2.42. The minimum atomic E-state index is 1.10. The molecule has 0 fully saturated rings. The molecule has 3 heteroatoms. The molecule has 286 valence electrons. The van der Waals surface area contributed by atoms with E-state index in [1.807, 2.05) is 22.7 Å². The van der Waals surface area contributed by atoms with Crippen LogP contribution >= 0.6 is 22.7 Å². The van der Waals surface area contributed by atoms with Crippen molar-refractivity contribution in [2.75, 3.05) is 4.90 Å². The molecule has 0 saturated heterocycles. The summed E-state index contributed by atoms with van der Waals surface area (Å²) in [5.41, 5.74) is 13.0. The molecule has 0 amide bonds. The molecule has 0 aliphatic carbocycles. The van der Waals surface area contributed by atoms with Gasteiger partial charge in [-0.15, -0.1) is 22.7 Å². The van der Waals surface area contributed by atoms with Crippen molar-refractivity contribution in [2.24, 2.45) is 0 Å². The monoisotopic (exact) mass is 811 g/mol. The molecule has 0 atom stereocenters. The van der Waals surface area contributed by atoms with Crippen LogP contribution < -0.4 is 4.90 Å². The lowest BCUT2D eigenvalue weighted by atomic mass is 9.97. The van der Waals surface area contributed by atoms with Gasteiger partial charge in [0.1, 0.15) is 0 Å². The highest BCUT2D eigenvalue weighted by Gasteiger charge is 2.18. The third-order valence-electron chi connectivity index (χ3n) is 12.0. The van der Waals surface area contributed by atoms with E-state index in [0.717, 1.165) is 17.1 Å². The van der Waals surface area contributed by atoms with Crippen molar-refractivity contribution in [3.05, 3.63) is 224 Å². The van der Waals surface area contributed by atoms with Gasteiger partial charge < -0.3 is 4.90 Å². The van der Waals surface area contributed by atoms with Crippen LogP contribution in [-0.2, 0) is 0 Å². The lowest BCUT2D eigenvalue weighted by molar-refractivity contribution is 1.28. The largest absolute Gasteiger partial charge is 0.310 e. The van der Waals surface area contributed by atoms with Crippen molar-refractivity contribution in [2.45, 2.75) is 0 Å². The maximum absolute atomic E-state index is 2.42. The zero-order valence-electron chi connectivity index (χ0n) is 33.1. The molecular weight excluding hydrogens is 775 g/mol.